The van der Waals surface area contributed by atoms with Crippen molar-refractivity contribution in [2.45, 2.75) is 18.7 Å². The Labute approximate surface area is 103 Å². The van der Waals surface area contributed by atoms with Gasteiger partial charge in [0.05, 0.1) is 4.47 Å². The Morgan fingerprint density at radius 3 is 2.38 bits per heavy atom. The second kappa shape index (κ2) is 5.11. The Morgan fingerprint density at radius 1 is 1.31 bits per heavy atom. The molecule has 1 heterocycles. The molecule has 0 radical (unpaired) electrons. The number of hydrogen-bond donors (Lipinski definition) is 1. The molecule has 0 saturated carbocycles. The van der Waals surface area contributed by atoms with Crippen molar-refractivity contribution in [3.63, 3.8) is 0 Å². The Hall–Kier alpha value is -0.660. The van der Waals surface area contributed by atoms with Crippen LogP contribution in [0.1, 0.15) is 13.8 Å². The molecule has 0 fully saturated rings. The van der Waals surface area contributed by atoms with E-state index in [1.54, 1.807) is 13.8 Å². The summed E-state index contributed by atoms with van der Waals surface area (Å²) in [6.07, 6.45) is 2.62. The van der Waals surface area contributed by atoms with Gasteiger partial charge in [0.15, 0.2) is 0 Å². The van der Waals surface area contributed by atoms with E-state index in [-0.39, 0.29) is 9.37 Å². The van der Waals surface area contributed by atoms with Crippen LogP contribution in [0.15, 0.2) is 26.6 Å². The molecule has 0 spiro atoms. The molecule has 16 heavy (non-hydrogen) atoms. The zero-order chi connectivity index (χ0) is 12.3. The highest BCUT2D eigenvalue weighted by Crippen LogP contribution is 2.12. The van der Waals surface area contributed by atoms with E-state index in [0.717, 1.165) is 0 Å². The molecule has 90 valence electrons. The van der Waals surface area contributed by atoms with Crippen LogP contribution in [0.4, 0.5) is 0 Å². The molecule has 0 aliphatic carbocycles. The molecule has 0 bridgehead atoms. The number of rotatable bonds is 4. The molecule has 0 atom stereocenters. The third kappa shape index (κ3) is 2.36. The summed E-state index contributed by atoms with van der Waals surface area (Å²) in [5.74, 6) is 0. The van der Waals surface area contributed by atoms with Gasteiger partial charge in [-0.1, -0.05) is 13.8 Å². The highest BCUT2D eigenvalue weighted by atomic mass is 79.9. The standard InChI is InChI=1S/C9H13BrN2O3S/c1-3-12(4-2)16(14,15)8-6-11-5-7(10)9(8)13/h5-6H,3-4H2,1-2H3,(H,11,13). The number of pyridine rings is 1. The van der Waals surface area contributed by atoms with Crippen LogP contribution in [0.3, 0.4) is 0 Å². The number of sulfonamides is 1. The Morgan fingerprint density at radius 2 is 1.88 bits per heavy atom. The minimum atomic E-state index is -3.69. The molecule has 7 heteroatoms. The predicted octanol–water partition coefficient (Wildman–Crippen LogP) is 1.17. The van der Waals surface area contributed by atoms with Gasteiger partial charge in [-0.15, -0.1) is 0 Å². The number of H-pyrrole nitrogens is 1. The first-order valence-corrected chi connectivity index (χ1v) is 7.05. The number of halogens is 1. The Bertz CT molecular complexity index is 520. The lowest BCUT2D eigenvalue weighted by atomic mass is 10.5. The summed E-state index contributed by atoms with van der Waals surface area (Å²) in [7, 11) is -3.69. The van der Waals surface area contributed by atoms with Crippen molar-refractivity contribution in [2.75, 3.05) is 13.1 Å². The average molecular weight is 309 g/mol. The molecule has 0 unspecified atom stereocenters. The zero-order valence-electron chi connectivity index (χ0n) is 9.03. The highest BCUT2D eigenvalue weighted by Gasteiger charge is 2.25. The van der Waals surface area contributed by atoms with Crippen LogP contribution in [0.25, 0.3) is 0 Å². The number of nitrogens with one attached hydrogen (secondary N) is 1. The van der Waals surface area contributed by atoms with Gasteiger partial charge in [-0.05, 0) is 15.9 Å². The molecule has 1 rings (SSSR count). The largest absolute Gasteiger partial charge is 0.365 e. The third-order valence-electron chi connectivity index (χ3n) is 2.19. The van der Waals surface area contributed by atoms with Gasteiger partial charge in [-0.2, -0.15) is 4.31 Å². The molecule has 1 aromatic rings. The smallest absolute Gasteiger partial charge is 0.248 e. The zero-order valence-corrected chi connectivity index (χ0v) is 11.4. The average Bonchev–Trinajstić information content (AvgIpc) is 2.23. The molecule has 1 N–H and O–H groups in total. The van der Waals surface area contributed by atoms with Crippen molar-refractivity contribution < 1.29 is 8.42 Å². The summed E-state index contributed by atoms with van der Waals surface area (Å²) in [5.41, 5.74) is -0.523. The van der Waals surface area contributed by atoms with Crippen LogP contribution >= 0.6 is 15.9 Å². The van der Waals surface area contributed by atoms with Gasteiger partial charge in [0.2, 0.25) is 15.5 Å². The monoisotopic (exact) mass is 308 g/mol. The normalized spacial score (nSPS) is 12.0. The number of hydrogen-bond acceptors (Lipinski definition) is 3. The maximum Gasteiger partial charge on any atom is 0.248 e. The second-order valence-corrected chi connectivity index (χ2v) is 5.85. The lowest BCUT2D eigenvalue weighted by Gasteiger charge is -2.17. The fourth-order valence-electron chi connectivity index (χ4n) is 1.33. The maximum atomic E-state index is 12.1. The van der Waals surface area contributed by atoms with Crippen molar-refractivity contribution >= 4 is 26.0 Å². The SMILES string of the molecule is CCN(CC)S(=O)(=O)c1c[nH]cc(Br)c1=O. The minimum absolute atomic E-state index is 0.209. The maximum absolute atomic E-state index is 12.1. The van der Waals surface area contributed by atoms with Crippen molar-refractivity contribution in [3.8, 4) is 0 Å². The van der Waals surface area contributed by atoms with Crippen LogP contribution in [0.5, 0.6) is 0 Å². The number of aromatic amines is 1. The quantitative estimate of drug-likeness (QED) is 0.907. The predicted molar refractivity (Wildman–Crippen MR) is 64.9 cm³/mol. The Balaban J connectivity index is 3.39. The van der Waals surface area contributed by atoms with Crippen LogP contribution in [-0.2, 0) is 10.0 Å². The van der Waals surface area contributed by atoms with Crippen molar-refractivity contribution in [2.24, 2.45) is 0 Å². The van der Waals surface area contributed by atoms with E-state index < -0.39 is 15.5 Å². The summed E-state index contributed by atoms with van der Waals surface area (Å²) >= 11 is 3.00. The molecule has 0 amide bonds. The van der Waals surface area contributed by atoms with Gasteiger partial charge in [0.1, 0.15) is 4.90 Å². The van der Waals surface area contributed by atoms with E-state index in [2.05, 4.69) is 20.9 Å². The fraction of sp³-hybridized carbons (Fsp3) is 0.444. The van der Waals surface area contributed by atoms with Crippen molar-refractivity contribution in [3.05, 3.63) is 27.1 Å². The van der Waals surface area contributed by atoms with Gasteiger partial charge in [0, 0.05) is 25.5 Å². The molecular formula is C9H13BrN2O3S. The van der Waals surface area contributed by atoms with Crippen LogP contribution in [0.2, 0.25) is 0 Å². The summed E-state index contributed by atoms with van der Waals surface area (Å²) < 4.78 is 25.6. The minimum Gasteiger partial charge on any atom is -0.365 e. The van der Waals surface area contributed by atoms with Crippen molar-refractivity contribution in [1.29, 1.82) is 0 Å². The molecule has 5 nitrogen and oxygen atoms in total. The van der Waals surface area contributed by atoms with Gasteiger partial charge < -0.3 is 4.98 Å². The summed E-state index contributed by atoms with van der Waals surface area (Å²) in [5, 5.41) is 0. The van der Waals surface area contributed by atoms with E-state index in [1.165, 1.54) is 16.7 Å². The van der Waals surface area contributed by atoms with E-state index >= 15 is 0 Å². The topological polar surface area (TPSA) is 70.2 Å². The first kappa shape index (κ1) is 13.4. The lowest BCUT2D eigenvalue weighted by Crippen LogP contribution is -2.33. The van der Waals surface area contributed by atoms with Gasteiger partial charge in [-0.3, -0.25) is 4.79 Å². The lowest BCUT2D eigenvalue weighted by molar-refractivity contribution is 0.444. The molecule has 0 aliphatic rings. The van der Waals surface area contributed by atoms with Crippen LogP contribution < -0.4 is 5.43 Å². The Kier molecular flexibility index (Phi) is 4.28. The number of aromatic nitrogens is 1. The molecule has 1 aromatic heterocycles. The van der Waals surface area contributed by atoms with Crippen molar-refractivity contribution in [1.82, 2.24) is 9.29 Å². The third-order valence-corrected chi connectivity index (χ3v) is 4.83. The number of nitrogens with zero attached hydrogens (tertiary/aromatic N) is 1. The fourth-order valence-corrected chi connectivity index (χ4v) is 3.33. The van der Waals surface area contributed by atoms with Gasteiger partial charge in [-0.25, -0.2) is 8.42 Å². The van der Waals surface area contributed by atoms with Crippen LogP contribution in [-0.4, -0.2) is 30.8 Å². The first-order chi connectivity index (χ1) is 7.45. The summed E-state index contributed by atoms with van der Waals surface area (Å²) in [6.45, 7) is 4.13. The molecular weight excluding hydrogens is 296 g/mol. The molecule has 0 aliphatic heterocycles. The summed E-state index contributed by atoms with van der Waals surface area (Å²) in [6, 6.07) is 0. The highest BCUT2D eigenvalue weighted by molar-refractivity contribution is 9.10. The first-order valence-electron chi connectivity index (χ1n) is 4.81. The molecule has 0 aromatic carbocycles. The second-order valence-electron chi connectivity index (χ2n) is 3.09. The summed E-state index contributed by atoms with van der Waals surface area (Å²) in [4.78, 5) is 14.1. The molecule has 0 saturated heterocycles. The van der Waals surface area contributed by atoms with Gasteiger partial charge in [0.25, 0.3) is 0 Å². The van der Waals surface area contributed by atoms with E-state index in [0.29, 0.717) is 13.1 Å². The van der Waals surface area contributed by atoms with E-state index in [4.69, 9.17) is 0 Å². The van der Waals surface area contributed by atoms with Crippen LogP contribution in [0, 0.1) is 0 Å². The van der Waals surface area contributed by atoms with E-state index in [9.17, 15) is 13.2 Å². The van der Waals surface area contributed by atoms with E-state index in [1.807, 2.05) is 0 Å². The van der Waals surface area contributed by atoms with Gasteiger partial charge >= 0.3 is 0 Å².